The molecule has 0 radical (unpaired) electrons. The van der Waals surface area contributed by atoms with Crippen molar-refractivity contribution in [2.75, 3.05) is 6.16 Å². The Labute approximate surface area is 58.4 Å². The second-order valence-electron chi connectivity index (χ2n) is 0.927. The molecule has 0 heterocycles. The minimum atomic E-state index is -4.15. The maximum Gasteiger partial charge on any atom is 2.00 e. The van der Waals surface area contributed by atoms with Gasteiger partial charge in [0.05, 0.1) is 0 Å². The zero-order chi connectivity index (χ0) is 5.21. The summed E-state index contributed by atoms with van der Waals surface area (Å²) < 4.78 is 9.47. The van der Waals surface area contributed by atoms with Crippen molar-refractivity contribution in [3.05, 3.63) is 0 Å². The molecule has 5 heteroatoms. The fraction of sp³-hybridized carbons (Fsp3) is 1.00. The van der Waals surface area contributed by atoms with Crippen LogP contribution in [-0.4, -0.2) is 29.2 Å². The van der Waals surface area contributed by atoms with Crippen molar-refractivity contribution < 1.29 is 14.4 Å². The standard InChI is InChI=1S/C2H7O3P.Mg/c1-2-6(3,4)5;/h2H2,1H3,(H2,3,4,5);/q;+2/p-2. The molecule has 0 saturated carbocycles. The first-order valence-electron chi connectivity index (χ1n) is 1.57. The molecule has 0 aromatic heterocycles. The van der Waals surface area contributed by atoms with E-state index in [0.717, 1.165) is 0 Å². The van der Waals surface area contributed by atoms with E-state index in [1.54, 1.807) is 0 Å². The number of rotatable bonds is 1. The largest absolute Gasteiger partial charge is 2.00 e. The van der Waals surface area contributed by atoms with Crippen LogP contribution in [0.1, 0.15) is 6.92 Å². The van der Waals surface area contributed by atoms with Gasteiger partial charge in [0.1, 0.15) is 0 Å². The smallest absolute Gasteiger partial charge is 0.811 e. The fourth-order valence-electron chi connectivity index (χ4n) is 0. The maximum atomic E-state index is 9.47. The first-order chi connectivity index (χ1) is 2.56. The number of hydrogen-bond acceptors (Lipinski definition) is 3. The van der Waals surface area contributed by atoms with E-state index in [-0.39, 0.29) is 29.2 Å². The molecule has 0 atom stereocenters. The Balaban J connectivity index is 0. The summed E-state index contributed by atoms with van der Waals surface area (Å²) in [4.78, 5) is 18.9. The van der Waals surface area contributed by atoms with Crippen molar-refractivity contribution in [2.24, 2.45) is 0 Å². The van der Waals surface area contributed by atoms with Gasteiger partial charge in [-0.25, -0.2) is 0 Å². The minimum absolute atomic E-state index is 0. The van der Waals surface area contributed by atoms with Gasteiger partial charge < -0.3 is 14.4 Å². The van der Waals surface area contributed by atoms with Gasteiger partial charge in [-0.3, -0.25) is 0 Å². The van der Waals surface area contributed by atoms with Gasteiger partial charge in [-0.05, 0) is 6.16 Å². The summed E-state index contributed by atoms with van der Waals surface area (Å²) in [5.74, 6) is 0. The average Bonchev–Trinajstić information content (AvgIpc) is 1.35. The molecule has 0 unspecified atom stereocenters. The molecule has 0 aliphatic heterocycles. The molecule has 0 saturated heterocycles. The molecular weight excluding hydrogens is 127 g/mol. The average molecular weight is 132 g/mol. The Hall–Kier alpha value is 0.916. The molecule has 0 amide bonds. The molecule has 0 spiro atoms. The summed E-state index contributed by atoms with van der Waals surface area (Å²) in [6.45, 7) is 1.32. The molecule has 38 valence electrons. The molecule has 0 fully saturated rings. The SMILES string of the molecule is CCP(=O)([O-])[O-].[Mg+2]. The van der Waals surface area contributed by atoms with E-state index in [4.69, 9.17) is 0 Å². The van der Waals surface area contributed by atoms with Crippen LogP contribution in [0.25, 0.3) is 0 Å². The van der Waals surface area contributed by atoms with Crippen molar-refractivity contribution in [3.63, 3.8) is 0 Å². The number of hydrogen-bond donors (Lipinski definition) is 0. The third-order valence-electron chi connectivity index (χ3n) is 0.387. The maximum absolute atomic E-state index is 9.47. The van der Waals surface area contributed by atoms with E-state index < -0.39 is 7.60 Å². The topological polar surface area (TPSA) is 63.2 Å². The van der Waals surface area contributed by atoms with Crippen LogP contribution in [0, 0.1) is 0 Å². The van der Waals surface area contributed by atoms with Gasteiger partial charge in [0.25, 0.3) is 0 Å². The second-order valence-corrected chi connectivity index (χ2v) is 2.78. The monoisotopic (exact) mass is 132 g/mol. The third-order valence-corrected chi connectivity index (χ3v) is 1.16. The molecule has 7 heavy (non-hydrogen) atoms. The van der Waals surface area contributed by atoms with Crippen LogP contribution in [0.3, 0.4) is 0 Å². The quantitative estimate of drug-likeness (QED) is 0.323. The van der Waals surface area contributed by atoms with Crippen LogP contribution in [-0.2, 0) is 4.57 Å². The van der Waals surface area contributed by atoms with E-state index >= 15 is 0 Å². The summed E-state index contributed by atoms with van der Waals surface area (Å²) in [5.41, 5.74) is 0. The molecule has 0 aliphatic carbocycles. The van der Waals surface area contributed by atoms with Crippen molar-refractivity contribution >= 4 is 30.6 Å². The molecule has 0 N–H and O–H groups in total. The molecule has 0 aromatic rings. The Morgan fingerprint density at radius 3 is 1.71 bits per heavy atom. The summed E-state index contributed by atoms with van der Waals surface area (Å²) >= 11 is 0. The van der Waals surface area contributed by atoms with E-state index in [0.29, 0.717) is 0 Å². The van der Waals surface area contributed by atoms with Gasteiger partial charge in [0.15, 0.2) is 0 Å². The van der Waals surface area contributed by atoms with Crippen molar-refractivity contribution in [1.82, 2.24) is 0 Å². The third kappa shape index (κ3) is 10.9. The first-order valence-corrected chi connectivity index (χ1v) is 3.30. The van der Waals surface area contributed by atoms with Gasteiger partial charge in [0, 0.05) is 0 Å². The van der Waals surface area contributed by atoms with E-state index in [2.05, 4.69) is 0 Å². The van der Waals surface area contributed by atoms with Gasteiger partial charge in [0.2, 0.25) is 0 Å². The van der Waals surface area contributed by atoms with Gasteiger partial charge in [-0.15, -0.1) is 0 Å². The summed E-state index contributed by atoms with van der Waals surface area (Å²) in [5, 5.41) is 0. The van der Waals surface area contributed by atoms with Gasteiger partial charge >= 0.3 is 23.1 Å². The molecule has 0 rings (SSSR count). The molecule has 0 aromatic carbocycles. The molecule has 3 nitrogen and oxygen atoms in total. The van der Waals surface area contributed by atoms with Crippen LogP contribution < -0.4 is 9.79 Å². The second kappa shape index (κ2) is 3.86. The van der Waals surface area contributed by atoms with Crippen molar-refractivity contribution in [3.8, 4) is 0 Å². The predicted molar refractivity (Wildman–Crippen MR) is 23.9 cm³/mol. The van der Waals surface area contributed by atoms with Gasteiger partial charge in [-0.2, -0.15) is 0 Å². The van der Waals surface area contributed by atoms with Crippen LogP contribution in [0.2, 0.25) is 0 Å². The molecular formula is C2H5MgO3P. The normalized spacial score (nSPS) is 10.1. The fourth-order valence-corrected chi connectivity index (χ4v) is 0. The Morgan fingerprint density at radius 2 is 1.71 bits per heavy atom. The first kappa shape index (κ1) is 10.8. The summed E-state index contributed by atoms with van der Waals surface area (Å²) in [7, 11) is -4.15. The summed E-state index contributed by atoms with van der Waals surface area (Å²) in [6, 6.07) is 0. The Bertz CT molecular complexity index is 77.0. The van der Waals surface area contributed by atoms with E-state index in [1.165, 1.54) is 6.92 Å². The Kier molecular flexibility index (Phi) is 5.97. The van der Waals surface area contributed by atoms with E-state index in [1.807, 2.05) is 0 Å². The Morgan fingerprint density at radius 1 is 1.57 bits per heavy atom. The van der Waals surface area contributed by atoms with Crippen LogP contribution >= 0.6 is 7.60 Å². The molecule has 0 bridgehead atoms. The van der Waals surface area contributed by atoms with Crippen LogP contribution in [0.5, 0.6) is 0 Å². The van der Waals surface area contributed by atoms with Gasteiger partial charge in [-0.1, -0.05) is 14.5 Å². The minimum Gasteiger partial charge on any atom is -0.811 e. The molecule has 0 aliphatic rings. The predicted octanol–water partition coefficient (Wildman–Crippen LogP) is -1.46. The zero-order valence-electron chi connectivity index (χ0n) is 4.09. The van der Waals surface area contributed by atoms with E-state index in [9.17, 15) is 14.4 Å². The zero-order valence-corrected chi connectivity index (χ0v) is 6.39. The van der Waals surface area contributed by atoms with Crippen LogP contribution in [0.15, 0.2) is 0 Å². The van der Waals surface area contributed by atoms with Crippen LogP contribution in [0.4, 0.5) is 0 Å². The summed E-state index contributed by atoms with van der Waals surface area (Å²) in [6.07, 6.45) is -0.285. The van der Waals surface area contributed by atoms with Crippen molar-refractivity contribution in [1.29, 1.82) is 0 Å². The van der Waals surface area contributed by atoms with Crippen molar-refractivity contribution in [2.45, 2.75) is 6.92 Å².